The summed E-state index contributed by atoms with van der Waals surface area (Å²) in [4.78, 5) is 0. The normalized spacial score (nSPS) is 12.0. The van der Waals surface area contributed by atoms with Gasteiger partial charge in [-0.2, -0.15) is 0 Å². The van der Waals surface area contributed by atoms with Crippen molar-refractivity contribution in [2.75, 3.05) is 0 Å². The van der Waals surface area contributed by atoms with Crippen molar-refractivity contribution in [3.8, 4) is 0 Å². The largest absolute Gasteiger partial charge is 0.326 e. The molecule has 0 amide bonds. The van der Waals surface area contributed by atoms with Gasteiger partial charge in [0.25, 0.3) is 0 Å². The van der Waals surface area contributed by atoms with Crippen molar-refractivity contribution in [2.24, 2.45) is 11.5 Å². The Morgan fingerprint density at radius 1 is 0.875 bits per heavy atom. The summed E-state index contributed by atoms with van der Waals surface area (Å²) in [5, 5.41) is 0. The Morgan fingerprint density at radius 2 is 1.31 bits per heavy atom. The first kappa shape index (κ1) is 13.2. The van der Waals surface area contributed by atoms with Crippen LogP contribution in [0.1, 0.15) is 47.2 Å². The third-order valence-electron chi connectivity index (χ3n) is 3.67. The molecule has 0 saturated heterocycles. The van der Waals surface area contributed by atoms with Gasteiger partial charge in [-0.15, -0.1) is 0 Å². The lowest BCUT2D eigenvalue weighted by Crippen LogP contribution is -2.32. The smallest absolute Gasteiger partial charge is 0.0358 e. The minimum absolute atomic E-state index is 0.331. The maximum atomic E-state index is 6.27. The van der Waals surface area contributed by atoms with E-state index in [1.165, 1.54) is 33.4 Å². The molecule has 0 unspecified atom stereocenters. The van der Waals surface area contributed by atoms with E-state index < -0.39 is 0 Å². The summed E-state index contributed by atoms with van der Waals surface area (Å²) >= 11 is 0. The van der Waals surface area contributed by atoms with E-state index in [0.717, 1.165) is 0 Å². The van der Waals surface area contributed by atoms with Crippen LogP contribution in [0.15, 0.2) is 0 Å². The van der Waals surface area contributed by atoms with Crippen LogP contribution in [0.3, 0.4) is 0 Å². The SMILES string of the molecule is Cc1c(C)c(C)c(C(C)(C)N)c(CN)c1C. The molecule has 0 fully saturated rings. The van der Waals surface area contributed by atoms with Gasteiger partial charge in [-0.1, -0.05) is 0 Å². The minimum atomic E-state index is -0.331. The maximum Gasteiger partial charge on any atom is 0.0358 e. The monoisotopic (exact) mass is 220 g/mol. The highest BCUT2D eigenvalue weighted by atomic mass is 14.7. The van der Waals surface area contributed by atoms with Crippen LogP contribution in [0.5, 0.6) is 0 Å². The molecule has 90 valence electrons. The predicted octanol–water partition coefficient (Wildman–Crippen LogP) is 2.57. The highest BCUT2D eigenvalue weighted by Crippen LogP contribution is 2.32. The molecule has 0 heterocycles. The highest BCUT2D eigenvalue weighted by Gasteiger charge is 2.23. The molecular weight excluding hydrogens is 196 g/mol. The van der Waals surface area contributed by atoms with E-state index in [4.69, 9.17) is 11.5 Å². The molecule has 0 aliphatic carbocycles. The van der Waals surface area contributed by atoms with E-state index in [1.54, 1.807) is 0 Å². The molecule has 0 radical (unpaired) electrons. The Balaban J connectivity index is 3.72. The van der Waals surface area contributed by atoms with E-state index in [2.05, 4.69) is 27.7 Å². The summed E-state index contributed by atoms with van der Waals surface area (Å²) in [5.41, 5.74) is 19.5. The fourth-order valence-corrected chi connectivity index (χ4v) is 2.52. The number of rotatable bonds is 2. The third kappa shape index (κ3) is 2.00. The molecule has 0 aromatic heterocycles. The molecule has 2 heteroatoms. The second-order valence-electron chi connectivity index (χ2n) is 5.28. The number of nitrogens with two attached hydrogens (primary N) is 2. The fourth-order valence-electron chi connectivity index (χ4n) is 2.52. The summed E-state index contributed by atoms with van der Waals surface area (Å²) in [7, 11) is 0. The zero-order valence-electron chi connectivity index (χ0n) is 11.4. The number of hydrogen-bond donors (Lipinski definition) is 2. The lowest BCUT2D eigenvalue weighted by molar-refractivity contribution is 0.542. The Labute approximate surface area is 99.0 Å². The van der Waals surface area contributed by atoms with Crippen LogP contribution in [0.4, 0.5) is 0 Å². The molecule has 0 spiro atoms. The molecule has 0 aliphatic heterocycles. The molecule has 1 rings (SSSR count). The molecule has 1 aromatic rings. The van der Waals surface area contributed by atoms with Crippen molar-refractivity contribution in [3.63, 3.8) is 0 Å². The summed E-state index contributed by atoms with van der Waals surface area (Å²) in [6.45, 7) is 13.2. The van der Waals surface area contributed by atoms with Gasteiger partial charge in [0.2, 0.25) is 0 Å². The van der Waals surface area contributed by atoms with E-state index >= 15 is 0 Å². The third-order valence-corrected chi connectivity index (χ3v) is 3.67. The molecule has 0 atom stereocenters. The van der Waals surface area contributed by atoms with Crippen LogP contribution in [0, 0.1) is 27.7 Å². The summed E-state index contributed by atoms with van der Waals surface area (Å²) in [5.74, 6) is 0. The Kier molecular flexibility index (Phi) is 3.46. The molecule has 0 aliphatic rings. The summed E-state index contributed by atoms with van der Waals surface area (Å²) in [6, 6.07) is 0. The van der Waals surface area contributed by atoms with Crippen LogP contribution in [-0.4, -0.2) is 0 Å². The van der Waals surface area contributed by atoms with E-state index in [0.29, 0.717) is 6.54 Å². The second kappa shape index (κ2) is 4.19. The average Bonchev–Trinajstić information content (AvgIpc) is 2.18. The quantitative estimate of drug-likeness (QED) is 0.805. The molecule has 4 N–H and O–H groups in total. The van der Waals surface area contributed by atoms with Crippen molar-refractivity contribution < 1.29 is 0 Å². The minimum Gasteiger partial charge on any atom is -0.326 e. The van der Waals surface area contributed by atoms with E-state index in [1.807, 2.05) is 13.8 Å². The molecular formula is C14H24N2. The van der Waals surface area contributed by atoms with Crippen molar-refractivity contribution in [3.05, 3.63) is 33.4 Å². The zero-order valence-corrected chi connectivity index (χ0v) is 11.4. The first-order chi connectivity index (χ1) is 7.21. The van der Waals surface area contributed by atoms with Crippen LogP contribution in [0.25, 0.3) is 0 Å². The predicted molar refractivity (Wildman–Crippen MR) is 70.5 cm³/mol. The van der Waals surface area contributed by atoms with Crippen molar-refractivity contribution in [1.29, 1.82) is 0 Å². The van der Waals surface area contributed by atoms with Crippen LogP contribution >= 0.6 is 0 Å². The highest BCUT2D eigenvalue weighted by molar-refractivity contribution is 5.52. The first-order valence-corrected chi connectivity index (χ1v) is 5.80. The lowest BCUT2D eigenvalue weighted by Gasteiger charge is -2.29. The Morgan fingerprint density at radius 3 is 1.69 bits per heavy atom. The maximum absolute atomic E-state index is 6.27. The van der Waals surface area contributed by atoms with Gasteiger partial charge in [0, 0.05) is 12.1 Å². The second-order valence-corrected chi connectivity index (χ2v) is 5.28. The van der Waals surface area contributed by atoms with Crippen molar-refractivity contribution in [1.82, 2.24) is 0 Å². The topological polar surface area (TPSA) is 52.0 Å². The summed E-state index contributed by atoms with van der Waals surface area (Å²) in [6.07, 6.45) is 0. The molecule has 16 heavy (non-hydrogen) atoms. The molecule has 0 bridgehead atoms. The van der Waals surface area contributed by atoms with Gasteiger partial charge in [-0.05, 0) is 74.9 Å². The summed E-state index contributed by atoms with van der Waals surface area (Å²) < 4.78 is 0. The van der Waals surface area contributed by atoms with E-state index in [-0.39, 0.29) is 5.54 Å². The van der Waals surface area contributed by atoms with Gasteiger partial charge in [0.05, 0.1) is 0 Å². The van der Waals surface area contributed by atoms with E-state index in [9.17, 15) is 0 Å². The van der Waals surface area contributed by atoms with Gasteiger partial charge >= 0.3 is 0 Å². The Bertz CT molecular complexity index is 412. The van der Waals surface area contributed by atoms with Gasteiger partial charge in [-0.3, -0.25) is 0 Å². The standard InChI is InChI=1S/C14H24N2/c1-8-9(2)11(4)13(14(5,6)16)12(7-15)10(8)3/h7,15-16H2,1-6H3. The average molecular weight is 220 g/mol. The molecule has 2 nitrogen and oxygen atoms in total. The van der Waals surface area contributed by atoms with Gasteiger partial charge in [-0.25, -0.2) is 0 Å². The van der Waals surface area contributed by atoms with Crippen molar-refractivity contribution >= 4 is 0 Å². The van der Waals surface area contributed by atoms with Gasteiger partial charge < -0.3 is 11.5 Å². The van der Waals surface area contributed by atoms with Gasteiger partial charge in [0.15, 0.2) is 0 Å². The van der Waals surface area contributed by atoms with Gasteiger partial charge in [0.1, 0.15) is 0 Å². The number of hydrogen-bond acceptors (Lipinski definition) is 2. The van der Waals surface area contributed by atoms with Crippen molar-refractivity contribution in [2.45, 2.75) is 53.6 Å². The molecule has 1 aromatic carbocycles. The Hall–Kier alpha value is -0.860. The first-order valence-electron chi connectivity index (χ1n) is 5.80. The number of benzene rings is 1. The van der Waals surface area contributed by atoms with Crippen LogP contribution < -0.4 is 11.5 Å². The zero-order chi connectivity index (χ0) is 12.7. The van der Waals surface area contributed by atoms with Crippen LogP contribution in [0.2, 0.25) is 0 Å². The molecule has 0 saturated carbocycles. The van der Waals surface area contributed by atoms with Crippen LogP contribution in [-0.2, 0) is 12.1 Å². The lowest BCUT2D eigenvalue weighted by atomic mass is 9.81. The fraction of sp³-hybridized carbons (Fsp3) is 0.571.